The lowest BCUT2D eigenvalue weighted by Gasteiger charge is -2.57. The molecule has 0 heterocycles. The van der Waals surface area contributed by atoms with E-state index in [-0.39, 0.29) is 5.92 Å². The Bertz CT molecular complexity index is 333. The highest BCUT2D eigenvalue weighted by molar-refractivity contribution is 5.74. The molecule has 0 saturated heterocycles. The second-order valence-corrected chi connectivity index (χ2v) is 7.48. The first-order chi connectivity index (χ1) is 8.39. The summed E-state index contributed by atoms with van der Waals surface area (Å²) >= 11 is 0. The van der Waals surface area contributed by atoms with Crippen molar-refractivity contribution in [3.8, 4) is 0 Å². The van der Waals surface area contributed by atoms with Gasteiger partial charge in [-0.25, -0.2) is 0 Å². The maximum Gasteiger partial charge on any atom is 0.311 e. The molecule has 4 aliphatic carbocycles. The molecule has 3 heteroatoms. The van der Waals surface area contributed by atoms with Gasteiger partial charge in [0.25, 0.3) is 0 Å². The highest BCUT2D eigenvalue weighted by Gasteiger charge is 2.54. The summed E-state index contributed by atoms with van der Waals surface area (Å²) in [5, 5.41) is 19.9. The molecular weight excluding hydrogens is 228 g/mol. The summed E-state index contributed by atoms with van der Waals surface area (Å²) in [6.45, 7) is 3.34. The average Bonchev–Trinajstić information content (AvgIpc) is 2.26. The van der Waals surface area contributed by atoms with Crippen molar-refractivity contribution in [2.45, 2.75) is 52.1 Å². The number of carboxylic acids is 1. The number of aliphatic hydroxyl groups excluding tert-OH is 1. The second-order valence-electron chi connectivity index (χ2n) is 7.48. The van der Waals surface area contributed by atoms with Crippen LogP contribution in [0.3, 0.4) is 0 Å². The van der Waals surface area contributed by atoms with E-state index in [1.54, 1.807) is 13.8 Å². The molecule has 0 aromatic heterocycles. The zero-order chi connectivity index (χ0) is 13.1. The third-order valence-electron chi connectivity index (χ3n) is 5.95. The number of rotatable bonds is 3. The Morgan fingerprint density at radius 1 is 1.06 bits per heavy atom. The molecule has 4 saturated carbocycles. The molecule has 4 rings (SSSR count). The van der Waals surface area contributed by atoms with Crippen LogP contribution in [0.2, 0.25) is 0 Å². The summed E-state index contributed by atoms with van der Waals surface area (Å²) in [5.41, 5.74) is -1.01. The predicted octanol–water partition coefficient (Wildman–Crippen LogP) is 2.53. The van der Waals surface area contributed by atoms with Gasteiger partial charge in [0.1, 0.15) is 0 Å². The van der Waals surface area contributed by atoms with Gasteiger partial charge >= 0.3 is 5.97 Å². The monoisotopic (exact) mass is 252 g/mol. The summed E-state index contributed by atoms with van der Waals surface area (Å²) in [5.74, 6) is 2.24. The number of aliphatic hydroxyl groups is 1. The number of carboxylic acid groups (broad SMARTS) is 1. The Kier molecular flexibility index (Phi) is 2.74. The first-order valence-corrected chi connectivity index (χ1v) is 7.31. The Balaban J connectivity index is 1.82. The van der Waals surface area contributed by atoms with Gasteiger partial charge in [-0.15, -0.1) is 0 Å². The quantitative estimate of drug-likeness (QED) is 0.811. The van der Waals surface area contributed by atoms with E-state index in [1.165, 1.54) is 32.1 Å². The zero-order valence-corrected chi connectivity index (χ0v) is 11.3. The van der Waals surface area contributed by atoms with E-state index in [0.29, 0.717) is 11.8 Å². The summed E-state index contributed by atoms with van der Waals surface area (Å²) in [4.78, 5) is 11.3. The van der Waals surface area contributed by atoms with Gasteiger partial charge in [-0.1, -0.05) is 0 Å². The summed E-state index contributed by atoms with van der Waals surface area (Å²) in [6.07, 6.45) is 5.60. The Morgan fingerprint density at radius 2 is 1.50 bits per heavy atom. The minimum Gasteiger partial charge on any atom is -0.481 e. The van der Waals surface area contributed by atoms with Gasteiger partial charge < -0.3 is 10.2 Å². The van der Waals surface area contributed by atoms with Gasteiger partial charge in [-0.2, -0.15) is 0 Å². The van der Waals surface area contributed by atoms with Gasteiger partial charge in [-0.3, -0.25) is 4.79 Å². The average molecular weight is 252 g/mol. The third kappa shape index (κ3) is 1.70. The SMILES string of the molecule is CC(C)(C(=O)O)C(O)C1C2CC3CC(C2)CC1C3. The van der Waals surface area contributed by atoms with Crippen molar-refractivity contribution < 1.29 is 15.0 Å². The van der Waals surface area contributed by atoms with Crippen LogP contribution in [0.25, 0.3) is 0 Å². The highest BCUT2D eigenvalue weighted by atomic mass is 16.4. The van der Waals surface area contributed by atoms with Crippen LogP contribution < -0.4 is 0 Å². The van der Waals surface area contributed by atoms with Gasteiger partial charge in [0, 0.05) is 0 Å². The largest absolute Gasteiger partial charge is 0.481 e. The molecule has 18 heavy (non-hydrogen) atoms. The molecule has 4 aliphatic rings. The van der Waals surface area contributed by atoms with Crippen LogP contribution in [0.4, 0.5) is 0 Å². The van der Waals surface area contributed by atoms with Gasteiger partial charge in [-0.05, 0) is 75.5 Å². The molecule has 3 nitrogen and oxygen atoms in total. The number of hydrogen-bond donors (Lipinski definition) is 2. The molecule has 1 atom stereocenters. The van der Waals surface area contributed by atoms with Crippen molar-refractivity contribution in [1.29, 1.82) is 0 Å². The van der Waals surface area contributed by atoms with Crippen LogP contribution in [0.5, 0.6) is 0 Å². The van der Waals surface area contributed by atoms with Crippen LogP contribution >= 0.6 is 0 Å². The summed E-state index contributed by atoms with van der Waals surface area (Å²) in [6, 6.07) is 0. The van der Waals surface area contributed by atoms with E-state index in [9.17, 15) is 15.0 Å². The van der Waals surface area contributed by atoms with Crippen LogP contribution in [-0.4, -0.2) is 22.3 Å². The van der Waals surface area contributed by atoms with Crippen LogP contribution in [0.1, 0.15) is 46.0 Å². The summed E-state index contributed by atoms with van der Waals surface area (Å²) in [7, 11) is 0. The molecular formula is C15H24O3. The Labute approximate surface area is 109 Å². The molecule has 2 N–H and O–H groups in total. The lowest BCUT2D eigenvalue weighted by molar-refractivity contribution is -0.167. The minimum atomic E-state index is -1.01. The molecule has 0 radical (unpaired) electrons. The molecule has 102 valence electrons. The normalized spacial score (nSPS) is 44.1. The van der Waals surface area contributed by atoms with Crippen molar-refractivity contribution in [2.24, 2.45) is 35.0 Å². The molecule has 0 spiro atoms. The number of carbonyl (C=O) groups is 1. The van der Waals surface area contributed by atoms with E-state index >= 15 is 0 Å². The maximum atomic E-state index is 11.3. The van der Waals surface area contributed by atoms with E-state index in [1.807, 2.05) is 0 Å². The molecule has 4 fully saturated rings. The topological polar surface area (TPSA) is 57.5 Å². The number of aliphatic carboxylic acids is 1. The van der Waals surface area contributed by atoms with Crippen molar-refractivity contribution in [1.82, 2.24) is 0 Å². The van der Waals surface area contributed by atoms with Gasteiger partial charge in [0.15, 0.2) is 0 Å². The van der Waals surface area contributed by atoms with Gasteiger partial charge in [0.05, 0.1) is 11.5 Å². The molecule has 0 aromatic carbocycles. The Morgan fingerprint density at radius 3 is 1.89 bits per heavy atom. The summed E-state index contributed by atoms with van der Waals surface area (Å²) < 4.78 is 0. The zero-order valence-electron chi connectivity index (χ0n) is 11.3. The molecule has 0 aliphatic heterocycles. The first-order valence-electron chi connectivity index (χ1n) is 7.31. The van der Waals surface area contributed by atoms with Crippen LogP contribution in [-0.2, 0) is 4.79 Å². The maximum absolute atomic E-state index is 11.3. The lowest BCUT2D eigenvalue weighted by Crippen LogP contribution is -2.54. The van der Waals surface area contributed by atoms with E-state index in [0.717, 1.165) is 11.8 Å². The molecule has 1 unspecified atom stereocenters. The van der Waals surface area contributed by atoms with Crippen molar-refractivity contribution in [3.05, 3.63) is 0 Å². The van der Waals surface area contributed by atoms with Crippen molar-refractivity contribution >= 4 is 5.97 Å². The lowest BCUT2D eigenvalue weighted by atomic mass is 9.49. The molecule has 0 amide bonds. The number of hydrogen-bond acceptors (Lipinski definition) is 2. The fraction of sp³-hybridized carbons (Fsp3) is 0.933. The standard InChI is InChI=1S/C15H24O3/c1-15(2,14(17)18)13(16)12-10-4-8-3-9(6-10)7-11(12)5-8/h8-13,16H,3-7H2,1-2H3,(H,17,18). The second kappa shape index (κ2) is 3.96. The predicted molar refractivity (Wildman–Crippen MR) is 68.0 cm³/mol. The minimum absolute atomic E-state index is 0.226. The fourth-order valence-electron chi connectivity index (χ4n) is 5.09. The fourth-order valence-corrected chi connectivity index (χ4v) is 5.09. The van der Waals surface area contributed by atoms with E-state index in [2.05, 4.69) is 0 Å². The third-order valence-corrected chi connectivity index (χ3v) is 5.95. The highest BCUT2D eigenvalue weighted by Crippen LogP contribution is 2.58. The smallest absolute Gasteiger partial charge is 0.311 e. The van der Waals surface area contributed by atoms with E-state index in [4.69, 9.17) is 0 Å². The molecule has 4 bridgehead atoms. The van der Waals surface area contributed by atoms with E-state index < -0.39 is 17.5 Å². The molecule has 0 aromatic rings. The van der Waals surface area contributed by atoms with Crippen molar-refractivity contribution in [3.63, 3.8) is 0 Å². The first kappa shape index (κ1) is 12.5. The van der Waals surface area contributed by atoms with Crippen molar-refractivity contribution in [2.75, 3.05) is 0 Å². The van der Waals surface area contributed by atoms with Crippen LogP contribution in [0, 0.1) is 35.0 Å². The Hall–Kier alpha value is -0.570. The van der Waals surface area contributed by atoms with Gasteiger partial charge in [0.2, 0.25) is 0 Å². The van der Waals surface area contributed by atoms with Crippen LogP contribution in [0.15, 0.2) is 0 Å².